The summed E-state index contributed by atoms with van der Waals surface area (Å²) in [5, 5.41) is 10.7. The molecule has 148 valence electrons. The maximum absolute atomic E-state index is 14.3. The Morgan fingerprint density at radius 3 is 2.72 bits per heavy atom. The first-order valence-corrected chi connectivity index (χ1v) is 9.43. The van der Waals surface area contributed by atoms with Gasteiger partial charge < -0.3 is 14.7 Å². The first-order chi connectivity index (χ1) is 14.0. The molecule has 0 spiro atoms. The molecule has 4 aromatic rings. The zero-order valence-corrected chi connectivity index (χ0v) is 15.3. The molecule has 3 aromatic heterocycles. The molecule has 0 bridgehead atoms. The molecule has 5 rings (SSSR count). The molecule has 3 heterocycles. The van der Waals surface area contributed by atoms with E-state index in [1.54, 1.807) is 12.4 Å². The van der Waals surface area contributed by atoms with Crippen LogP contribution in [-0.2, 0) is 6.54 Å². The van der Waals surface area contributed by atoms with Gasteiger partial charge in [-0.3, -0.25) is 4.79 Å². The molecular weight excluding hydrogens is 380 g/mol. The van der Waals surface area contributed by atoms with Gasteiger partial charge in [-0.2, -0.15) is 0 Å². The van der Waals surface area contributed by atoms with Crippen LogP contribution in [0.3, 0.4) is 0 Å². The average Bonchev–Trinajstić information content (AvgIpc) is 3.37. The number of pyridine rings is 1. The summed E-state index contributed by atoms with van der Waals surface area (Å²) in [5.74, 6) is -1.77. The molecule has 1 fully saturated rings. The van der Waals surface area contributed by atoms with Gasteiger partial charge in [0.25, 0.3) is 5.56 Å². The summed E-state index contributed by atoms with van der Waals surface area (Å²) in [6.07, 6.45) is 7.24. The number of nitrogens with one attached hydrogen (secondary N) is 1. The number of halogens is 2. The molecule has 0 radical (unpaired) electrons. The molecule has 1 aliphatic carbocycles. The Morgan fingerprint density at radius 2 is 1.93 bits per heavy atom. The highest BCUT2D eigenvalue weighted by Crippen LogP contribution is 2.36. The van der Waals surface area contributed by atoms with Gasteiger partial charge in [0.2, 0.25) is 0 Å². The lowest BCUT2D eigenvalue weighted by Gasteiger charge is -2.15. The Labute approximate surface area is 163 Å². The van der Waals surface area contributed by atoms with E-state index in [1.165, 1.54) is 6.07 Å². The first kappa shape index (κ1) is 17.7. The van der Waals surface area contributed by atoms with Gasteiger partial charge >= 0.3 is 0 Å². The number of rotatable bonds is 3. The summed E-state index contributed by atoms with van der Waals surface area (Å²) in [7, 11) is 0. The summed E-state index contributed by atoms with van der Waals surface area (Å²) in [6.45, 7) is 0.0400. The molecule has 9 heteroatoms. The fraction of sp³-hybridized carbons (Fsp3) is 0.300. The van der Waals surface area contributed by atoms with Gasteiger partial charge in [-0.05, 0) is 25.0 Å². The summed E-state index contributed by atoms with van der Waals surface area (Å²) in [6, 6.07) is 2.32. The lowest BCUT2D eigenvalue weighted by atomic mass is 10.1. The van der Waals surface area contributed by atoms with Crippen LogP contribution in [0.4, 0.5) is 8.78 Å². The van der Waals surface area contributed by atoms with E-state index in [4.69, 9.17) is 0 Å². The Balaban J connectivity index is 1.75. The van der Waals surface area contributed by atoms with Crippen LogP contribution in [0.5, 0.6) is 5.75 Å². The van der Waals surface area contributed by atoms with Crippen molar-refractivity contribution in [2.24, 2.45) is 0 Å². The van der Waals surface area contributed by atoms with E-state index in [-0.39, 0.29) is 28.9 Å². The maximum atomic E-state index is 14.3. The van der Waals surface area contributed by atoms with Crippen molar-refractivity contribution < 1.29 is 13.9 Å². The fourth-order valence-corrected chi connectivity index (χ4v) is 4.20. The van der Waals surface area contributed by atoms with Crippen LogP contribution in [0.2, 0.25) is 0 Å². The van der Waals surface area contributed by atoms with Crippen LogP contribution in [0.15, 0.2) is 29.3 Å². The second-order valence-corrected chi connectivity index (χ2v) is 7.31. The van der Waals surface area contributed by atoms with Crippen molar-refractivity contribution in [3.63, 3.8) is 0 Å². The Morgan fingerprint density at radius 1 is 1.17 bits per heavy atom. The lowest BCUT2D eigenvalue weighted by molar-refractivity contribution is 0.457. The molecule has 0 amide bonds. The number of imidazole rings is 1. The zero-order valence-electron chi connectivity index (χ0n) is 15.3. The fourth-order valence-electron chi connectivity index (χ4n) is 4.20. The van der Waals surface area contributed by atoms with Crippen molar-refractivity contribution in [2.45, 2.75) is 38.1 Å². The van der Waals surface area contributed by atoms with Gasteiger partial charge in [0, 0.05) is 29.3 Å². The Bertz CT molecular complexity index is 1310. The van der Waals surface area contributed by atoms with Crippen LogP contribution in [0, 0.1) is 11.6 Å². The predicted molar refractivity (Wildman–Crippen MR) is 102 cm³/mol. The highest BCUT2D eigenvalue weighted by atomic mass is 19.2. The number of aromatic amines is 1. The molecule has 0 aliphatic heterocycles. The monoisotopic (exact) mass is 397 g/mol. The number of nitrogens with zero attached hydrogens (tertiary/aromatic N) is 4. The number of benzene rings is 1. The highest BCUT2D eigenvalue weighted by Gasteiger charge is 2.26. The van der Waals surface area contributed by atoms with Crippen molar-refractivity contribution in [1.82, 2.24) is 24.5 Å². The van der Waals surface area contributed by atoms with Crippen molar-refractivity contribution >= 4 is 22.2 Å². The van der Waals surface area contributed by atoms with Gasteiger partial charge in [0.05, 0.1) is 12.1 Å². The standard InChI is InChI=1S/C20H17F2N5O2/c21-13-6-5-11-12(16(28)20(29)25-15(11)14(13)22)9-27-18(10-3-1-2-4-10)26-17-19(27)24-8-7-23-17/h5-8,10,28H,1-4,9H2,(H,25,29). The second-order valence-electron chi connectivity index (χ2n) is 7.31. The molecule has 0 saturated heterocycles. The van der Waals surface area contributed by atoms with E-state index in [2.05, 4.69) is 19.9 Å². The molecular formula is C20H17F2N5O2. The number of hydrogen-bond acceptors (Lipinski definition) is 5. The minimum absolute atomic E-state index is 0.0400. The van der Waals surface area contributed by atoms with Crippen LogP contribution in [-0.4, -0.2) is 29.6 Å². The van der Waals surface area contributed by atoms with E-state index in [9.17, 15) is 18.7 Å². The molecule has 1 aromatic carbocycles. The quantitative estimate of drug-likeness (QED) is 0.553. The predicted octanol–water partition coefficient (Wildman–Crippen LogP) is 3.36. The van der Waals surface area contributed by atoms with Gasteiger partial charge in [-0.25, -0.2) is 23.7 Å². The smallest absolute Gasteiger partial charge is 0.290 e. The summed E-state index contributed by atoms with van der Waals surface area (Å²) in [4.78, 5) is 27.7. The van der Waals surface area contributed by atoms with Crippen LogP contribution in [0.1, 0.15) is 43.0 Å². The molecule has 7 nitrogen and oxygen atoms in total. The summed E-state index contributed by atoms with van der Waals surface area (Å²) < 4.78 is 29.8. The van der Waals surface area contributed by atoms with E-state index in [0.29, 0.717) is 11.3 Å². The van der Waals surface area contributed by atoms with E-state index in [0.717, 1.165) is 37.6 Å². The third-order valence-corrected chi connectivity index (χ3v) is 5.61. The van der Waals surface area contributed by atoms with Crippen LogP contribution >= 0.6 is 0 Å². The van der Waals surface area contributed by atoms with Crippen molar-refractivity contribution in [3.05, 3.63) is 57.9 Å². The number of fused-ring (bicyclic) bond motifs is 2. The van der Waals surface area contributed by atoms with E-state index in [1.807, 2.05) is 4.57 Å². The normalized spacial score (nSPS) is 15.0. The lowest BCUT2D eigenvalue weighted by Crippen LogP contribution is -2.14. The molecule has 2 N–H and O–H groups in total. The van der Waals surface area contributed by atoms with E-state index < -0.39 is 22.9 Å². The highest BCUT2D eigenvalue weighted by molar-refractivity contribution is 5.84. The number of aromatic nitrogens is 5. The molecule has 1 aliphatic rings. The molecule has 0 atom stereocenters. The summed E-state index contributed by atoms with van der Waals surface area (Å²) >= 11 is 0. The Hall–Kier alpha value is -3.36. The summed E-state index contributed by atoms with van der Waals surface area (Å²) in [5.41, 5.74) is 0.0209. The van der Waals surface area contributed by atoms with Crippen molar-refractivity contribution in [3.8, 4) is 5.75 Å². The molecule has 29 heavy (non-hydrogen) atoms. The molecule has 1 saturated carbocycles. The maximum Gasteiger partial charge on any atom is 0.290 e. The molecule has 0 unspecified atom stereocenters. The van der Waals surface area contributed by atoms with Gasteiger partial charge in [0.15, 0.2) is 28.7 Å². The van der Waals surface area contributed by atoms with Crippen LogP contribution < -0.4 is 5.56 Å². The van der Waals surface area contributed by atoms with Gasteiger partial charge in [-0.1, -0.05) is 12.8 Å². The largest absolute Gasteiger partial charge is 0.503 e. The average molecular weight is 397 g/mol. The number of aromatic hydroxyl groups is 1. The Kier molecular flexibility index (Phi) is 4.04. The minimum Gasteiger partial charge on any atom is -0.503 e. The minimum atomic E-state index is -1.16. The van der Waals surface area contributed by atoms with Gasteiger partial charge in [-0.15, -0.1) is 0 Å². The third kappa shape index (κ3) is 2.76. The van der Waals surface area contributed by atoms with E-state index >= 15 is 0 Å². The van der Waals surface area contributed by atoms with Crippen molar-refractivity contribution in [2.75, 3.05) is 0 Å². The van der Waals surface area contributed by atoms with Gasteiger partial charge in [0.1, 0.15) is 5.82 Å². The second kappa shape index (κ2) is 6.61. The number of H-pyrrole nitrogens is 1. The first-order valence-electron chi connectivity index (χ1n) is 9.43. The zero-order chi connectivity index (χ0) is 20.1. The third-order valence-electron chi connectivity index (χ3n) is 5.61. The number of hydrogen-bond donors (Lipinski definition) is 2. The van der Waals surface area contributed by atoms with Crippen LogP contribution in [0.25, 0.3) is 22.2 Å². The topological polar surface area (TPSA) is 96.7 Å². The SMILES string of the molecule is O=c1[nH]c2c(F)c(F)ccc2c(Cn2c(C3CCCC3)nc3nccnc32)c1O. The van der Waals surface area contributed by atoms with Crippen molar-refractivity contribution in [1.29, 1.82) is 0 Å².